The van der Waals surface area contributed by atoms with Gasteiger partial charge in [-0.3, -0.25) is 4.79 Å². The van der Waals surface area contributed by atoms with Crippen LogP contribution in [0.15, 0.2) is 54.2 Å². The van der Waals surface area contributed by atoms with Crippen molar-refractivity contribution in [2.24, 2.45) is 0 Å². The third-order valence-electron chi connectivity index (χ3n) is 3.88. The molecule has 0 spiro atoms. The van der Waals surface area contributed by atoms with Gasteiger partial charge in [0.05, 0.1) is 11.1 Å². The summed E-state index contributed by atoms with van der Waals surface area (Å²) in [5.74, 6) is 0.134. The normalized spacial score (nSPS) is 18.6. The van der Waals surface area contributed by atoms with E-state index in [1.54, 1.807) is 36.5 Å². The second kappa shape index (κ2) is 6.16. The Morgan fingerprint density at radius 1 is 1.12 bits per heavy atom. The lowest BCUT2D eigenvalue weighted by Gasteiger charge is -2.29. The first kappa shape index (κ1) is 16.9. The number of rotatable bonds is 2. The van der Waals surface area contributed by atoms with Gasteiger partial charge >= 0.3 is 0 Å². The fraction of sp³-hybridized carbons (Fsp3) is 0.250. The van der Waals surface area contributed by atoms with Gasteiger partial charge in [-0.15, -0.1) is 0 Å². The lowest BCUT2D eigenvalue weighted by Crippen LogP contribution is -2.34. The molecule has 1 aliphatic rings. The highest BCUT2D eigenvalue weighted by atomic mass is 16.5. The molecule has 0 bridgehead atoms. The van der Waals surface area contributed by atoms with Crippen LogP contribution in [0.3, 0.4) is 0 Å². The number of benzene rings is 2. The van der Waals surface area contributed by atoms with E-state index in [4.69, 9.17) is 4.74 Å². The van der Waals surface area contributed by atoms with Gasteiger partial charge in [0.1, 0.15) is 17.2 Å². The highest BCUT2D eigenvalue weighted by Crippen LogP contribution is 2.41. The molecule has 5 heteroatoms. The minimum absolute atomic E-state index is 0.0536. The maximum absolute atomic E-state index is 13.0. The first-order chi connectivity index (χ1) is 11.8. The van der Waals surface area contributed by atoms with E-state index in [0.717, 1.165) is 0 Å². The predicted octanol–water partition coefficient (Wildman–Crippen LogP) is 3.69. The molecule has 2 aromatic carbocycles. The summed E-state index contributed by atoms with van der Waals surface area (Å²) < 4.78 is 6.02. The number of nitrogens with one attached hydrogen (secondary N) is 1. The summed E-state index contributed by atoms with van der Waals surface area (Å²) in [6.07, 6.45) is 0.882. The maximum atomic E-state index is 13.0. The summed E-state index contributed by atoms with van der Waals surface area (Å²) >= 11 is 0. The fourth-order valence-corrected chi connectivity index (χ4v) is 2.64. The van der Waals surface area contributed by atoms with Crippen LogP contribution in [0.4, 0.5) is 0 Å². The van der Waals surface area contributed by atoms with E-state index in [1.165, 1.54) is 12.1 Å². The highest BCUT2D eigenvalue weighted by Gasteiger charge is 2.34. The summed E-state index contributed by atoms with van der Waals surface area (Å²) in [7, 11) is 0. The van der Waals surface area contributed by atoms with E-state index in [1.807, 2.05) is 20.8 Å². The van der Waals surface area contributed by atoms with Gasteiger partial charge in [-0.25, -0.2) is 0 Å². The van der Waals surface area contributed by atoms with E-state index in [9.17, 15) is 15.0 Å². The zero-order valence-electron chi connectivity index (χ0n) is 14.4. The number of phenols is 2. The van der Waals surface area contributed by atoms with Crippen LogP contribution in [0.2, 0.25) is 0 Å². The molecule has 1 heterocycles. The number of hydrogen-bond donors (Lipinski definition) is 3. The Hall–Kier alpha value is -2.95. The van der Waals surface area contributed by atoms with Gasteiger partial charge in [0.2, 0.25) is 0 Å². The Bertz CT molecular complexity index is 849. The van der Waals surface area contributed by atoms with Crippen LogP contribution in [-0.4, -0.2) is 21.5 Å². The molecule has 0 saturated heterocycles. The first-order valence-corrected chi connectivity index (χ1v) is 8.06. The molecule has 5 nitrogen and oxygen atoms in total. The summed E-state index contributed by atoms with van der Waals surface area (Å²) in [5, 5.41) is 22.9. The second-order valence-electron chi connectivity index (χ2n) is 7.06. The molecular weight excluding hydrogens is 318 g/mol. The summed E-state index contributed by atoms with van der Waals surface area (Å²) in [6, 6.07) is 11.3. The Balaban J connectivity index is 2.11. The number of fused-ring (bicyclic) bond motifs is 1. The van der Waals surface area contributed by atoms with Crippen molar-refractivity contribution in [1.29, 1.82) is 0 Å². The second-order valence-corrected chi connectivity index (χ2v) is 7.06. The van der Waals surface area contributed by atoms with Crippen LogP contribution in [-0.2, 0) is 0 Å². The van der Waals surface area contributed by atoms with E-state index in [-0.39, 0.29) is 22.8 Å². The van der Waals surface area contributed by atoms with Crippen LogP contribution in [0.25, 0.3) is 0 Å². The van der Waals surface area contributed by atoms with Crippen LogP contribution in [0.1, 0.15) is 42.8 Å². The molecule has 0 saturated carbocycles. The third-order valence-corrected chi connectivity index (χ3v) is 3.88. The molecule has 1 aliphatic heterocycles. The molecular formula is C20H21NO4. The largest absolute Gasteiger partial charge is 0.508 e. The van der Waals surface area contributed by atoms with Gasteiger partial charge in [-0.2, -0.15) is 0 Å². The van der Waals surface area contributed by atoms with Gasteiger partial charge in [0.15, 0.2) is 11.9 Å². The number of aromatic hydroxyl groups is 2. The van der Waals surface area contributed by atoms with Crippen molar-refractivity contribution < 1.29 is 19.7 Å². The molecule has 1 unspecified atom stereocenters. The quantitative estimate of drug-likeness (QED) is 0.727. The molecule has 2 aromatic rings. The fourth-order valence-electron chi connectivity index (χ4n) is 2.64. The molecule has 0 fully saturated rings. The lowest BCUT2D eigenvalue weighted by atomic mass is 9.91. The molecule has 3 rings (SSSR count). The van der Waals surface area contributed by atoms with Crippen molar-refractivity contribution in [1.82, 2.24) is 5.32 Å². The van der Waals surface area contributed by atoms with Crippen LogP contribution < -0.4 is 10.1 Å². The topological polar surface area (TPSA) is 78.8 Å². The van der Waals surface area contributed by atoms with E-state index >= 15 is 0 Å². The average molecular weight is 339 g/mol. The monoisotopic (exact) mass is 339 g/mol. The average Bonchev–Trinajstić information content (AvgIpc) is 2.53. The van der Waals surface area contributed by atoms with Crippen molar-refractivity contribution in [3.8, 4) is 17.2 Å². The first-order valence-electron chi connectivity index (χ1n) is 8.06. The number of Topliss-reactive ketones (excluding diaryl/α,β-unsaturated/α-hetero) is 1. The van der Waals surface area contributed by atoms with Gasteiger partial charge in [0.25, 0.3) is 0 Å². The Morgan fingerprint density at radius 3 is 2.52 bits per heavy atom. The summed E-state index contributed by atoms with van der Waals surface area (Å²) in [5.41, 5.74) is 1.07. The van der Waals surface area contributed by atoms with Crippen molar-refractivity contribution in [2.75, 3.05) is 0 Å². The third kappa shape index (κ3) is 3.45. The minimum atomic E-state index is -0.766. The lowest BCUT2D eigenvalue weighted by molar-refractivity contribution is 0.0958. The van der Waals surface area contributed by atoms with Crippen LogP contribution in [0.5, 0.6) is 17.2 Å². The number of ether oxygens (including phenoxy) is 1. The van der Waals surface area contributed by atoms with Gasteiger partial charge in [-0.1, -0.05) is 12.1 Å². The molecule has 1 atom stereocenters. The predicted molar refractivity (Wildman–Crippen MR) is 94.9 cm³/mol. The van der Waals surface area contributed by atoms with Crippen molar-refractivity contribution >= 4 is 5.78 Å². The molecule has 0 aliphatic carbocycles. The number of ketones is 1. The number of para-hydroxylation sites is 1. The number of carbonyl (C=O) groups excluding carboxylic acids is 1. The minimum Gasteiger partial charge on any atom is -0.508 e. The molecule has 0 amide bonds. The SMILES string of the molecule is CC(C)(C)N/C=C1\C(=O)c2ccccc2OC1c1ccc(O)cc1O. The van der Waals surface area contributed by atoms with Gasteiger partial charge in [0, 0.05) is 23.4 Å². The molecule has 0 aromatic heterocycles. The number of phenolic OH excluding ortho intramolecular Hbond substituents is 2. The zero-order chi connectivity index (χ0) is 18.2. The Morgan fingerprint density at radius 2 is 1.84 bits per heavy atom. The number of carbonyl (C=O) groups is 1. The molecule has 130 valence electrons. The number of hydrogen-bond acceptors (Lipinski definition) is 5. The molecule has 0 radical (unpaired) electrons. The van der Waals surface area contributed by atoms with Crippen LogP contribution in [0, 0.1) is 0 Å². The highest BCUT2D eigenvalue weighted by molar-refractivity contribution is 6.12. The van der Waals surface area contributed by atoms with Gasteiger partial charge < -0.3 is 20.3 Å². The zero-order valence-corrected chi connectivity index (χ0v) is 14.4. The van der Waals surface area contributed by atoms with E-state index in [0.29, 0.717) is 22.4 Å². The van der Waals surface area contributed by atoms with E-state index < -0.39 is 6.10 Å². The molecule has 3 N–H and O–H groups in total. The van der Waals surface area contributed by atoms with Crippen molar-refractivity contribution in [2.45, 2.75) is 32.4 Å². The summed E-state index contributed by atoms with van der Waals surface area (Å²) in [4.78, 5) is 13.0. The van der Waals surface area contributed by atoms with E-state index in [2.05, 4.69) is 5.32 Å². The smallest absolute Gasteiger partial charge is 0.198 e. The maximum Gasteiger partial charge on any atom is 0.198 e. The summed E-state index contributed by atoms with van der Waals surface area (Å²) in [6.45, 7) is 5.96. The van der Waals surface area contributed by atoms with Crippen LogP contribution >= 0.6 is 0 Å². The van der Waals surface area contributed by atoms with Crippen molar-refractivity contribution in [3.05, 3.63) is 65.4 Å². The molecule has 25 heavy (non-hydrogen) atoms. The standard InChI is InChI=1S/C20H21NO4/c1-20(2,3)21-11-15-18(24)14-6-4-5-7-17(14)25-19(15)13-9-8-12(22)10-16(13)23/h4-11,19,21-23H,1-3H3/b15-11+. The Labute approximate surface area is 146 Å². The van der Waals surface area contributed by atoms with Crippen molar-refractivity contribution in [3.63, 3.8) is 0 Å². The van der Waals surface area contributed by atoms with Gasteiger partial charge in [-0.05, 0) is 45.0 Å². The Kier molecular flexibility index (Phi) is 4.17.